The Hall–Kier alpha value is -2.54. The Kier molecular flexibility index (Phi) is 3.91. The topological polar surface area (TPSA) is 101 Å². The average Bonchev–Trinajstić information content (AvgIpc) is 3.00. The number of nitrogens with zero attached hydrogens (tertiary/aromatic N) is 4. The fourth-order valence-corrected chi connectivity index (χ4v) is 5.71. The fourth-order valence-electron chi connectivity index (χ4n) is 2.48. The Morgan fingerprint density at radius 2 is 1.96 bits per heavy atom. The maximum Gasteiger partial charge on any atom is 0.273 e. The van der Waals surface area contributed by atoms with Crippen LogP contribution in [0, 0.1) is 18.3 Å². The number of fused-ring (bicyclic) bond motifs is 2. The Morgan fingerprint density at radius 1 is 1.23 bits per heavy atom. The van der Waals surface area contributed by atoms with Crippen LogP contribution in [0.3, 0.4) is 0 Å². The van der Waals surface area contributed by atoms with Crippen molar-refractivity contribution in [2.75, 3.05) is 5.32 Å². The van der Waals surface area contributed by atoms with Gasteiger partial charge in [0.1, 0.15) is 11.0 Å². The predicted molar refractivity (Wildman–Crippen MR) is 97.4 cm³/mol. The number of nitriles is 1. The second kappa shape index (κ2) is 6.02. The van der Waals surface area contributed by atoms with Gasteiger partial charge in [0.05, 0.1) is 10.6 Å². The smallest absolute Gasteiger partial charge is 0.273 e. The molecule has 0 radical (unpaired) electrons. The molecular formula is C16H10ClN5O2S2. The van der Waals surface area contributed by atoms with Crippen molar-refractivity contribution in [3.05, 3.63) is 52.5 Å². The van der Waals surface area contributed by atoms with Gasteiger partial charge in [-0.1, -0.05) is 29.3 Å². The van der Waals surface area contributed by atoms with Crippen molar-refractivity contribution >= 4 is 45.0 Å². The van der Waals surface area contributed by atoms with E-state index in [1.807, 2.05) is 37.3 Å². The summed E-state index contributed by atoms with van der Waals surface area (Å²) in [7, 11) is -3.97. The predicted octanol–water partition coefficient (Wildman–Crippen LogP) is 3.56. The van der Waals surface area contributed by atoms with Crippen LogP contribution in [-0.4, -0.2) is 22.6 Å². The van der Waals surface area contributed by atoms with Crippen molar-refractivity contribution in [3.8, 4) is 6.07 Å². The number of aromatic nitrogens is 3. The number of anilines is 2. The molecular weight excluding hydrogens is 394 g/mol. The van der Waals surface area contributed by atoms with E-state index in [1.54, 1.807) is 0 Å². The summed E-state index contributed by atoms with van der Waals surface area (Å²) in [6, 6.07) is 12.1. The molecule has 0 saturated carbocycles. The highest BCUT2D eigenvalue weighted by molar-refractivity contribution is 8.01. The van der Waals surface area contributed by atoms with Gasteiger partial charge in [0.25, 0.3) is 10.0 Å². The van der Waals surface area contributed by atoms with Gasteiger partial charge in [-0.2, -0.15) is 9.23 Å². The normalized spacial score (nSPS) is 14.2. The molecule has 2 heterocycles. The van der Waals surface area contributed by atoms with Gasteiger partial charge in [0.2, 0.25) is 11.1 Å². The maximum atomic E-state index is 13.1. The van der Waals surface area contributed by atoms with Crippen molar-refractivity contribution in [2.45, 2.75) is 21.9 Å². The van der Waals surface area contributed by atoms with Crippen LogP contribution in [0.5, 0.6) is 0 Å². The molecule has 0 bridgehead atoms. The first-order chi connectivity index (χ1) is 12.4. The summed E-state index contributed by atoms with van der Waals surface area (Å²) in [6.07, 6.45) is 0. The third-order valence-corrected chi connectivity index (χ3v) is 7.06. The molecule has 0 spiro atoms. The van der Waals surface area contributed by atoms with E-state index in [9.17, 15) is 8.42 Å². The molecule has 1 aromatic heterocycles. The van der Waals surface area contributed by atoms with Crippen LogP contribution in [-0.2, 0) is 10.0 Å². The van der Waals surface area contributed by atoms with Crippen molar-refractivity contribution in [1.29, 1.82) is 5.26 Å². The molecule has 130 valence electrons. The van der Waals surface area contributed by atoms with Gasteiger partial charge >= 0.3 is 0 Å². The van der Waals surface area contributed by atoms with Crippen LogP contribution in [0.15, 0.2) is 51.3 Å². The van der Waals surface area contributed by atoms with Crippen LogP contribution >= 0.6 is 23.4 Å². The number of nitrogens with one attached hydrogen (secondary N) is 1. The maximum absolute atomic E-state index is 13.1. The van der Waals surface area contributed by atoms with Crippen LogP contribution < -0.4 is 5.32 Å². The lowest BCUT2D eigenvalue weighted by Gasteiger charge is -2.19. The molecule has 3 aromatic rings. The standard InChI is InChI=1S/C16H10ClN5O2S2/c1-9-2-4-11(5-3-9)19-15-20-21-16-22(15)26(23,24)14-6-10(8-18)12(17)7-13(14)25-16/h2-7H,1H3,(H,19,20). The molecule has 0 atom stereocenters. The largest absolute Gasteiger partial charge is 0.323 e. The summed E-state index contributed by atoms with van der Waals surface area (Å²) in [6.45, 7) is 1.96. The molecule has 1 N–H and O–H groups in total. The lowest BCUT2D eigenvalue weighted by atomic mass is 10.2. The molecule has 1 aliphatic rings. The zero-order chi connectivity index (χ0) is 18.5. The lowest BCUT2D eigenvalue weighted by molar-refractivity contribution is 0.579. The summed E-state index contributed by atoms with van der Waals surface area (Å²) < 4.78 is 27.2. The van der Waals surface area contributed by atoms with Crippen LogP contribution in [0.1, 0.15) is 11.1 Å². The van der Waals surface area contributed by atoms with Crippen molar-refractivity contribution in [3.63, 3.8) is 0 Å². The Morgan fingerprint density at radius 3 is 2.65 bits per heavy atom. The van der Waals surface area contributed by atoms with Gasteiger partial charge in [-0.25, -0.2) is 8.42 Å². The second-order valence-electron chi connectivity index (χ2n) is 5.56. The molecule has 26 heavy (non-hydrogen) atoms. The number of benzene rings is 2. The number of rotatable bonds is 2. The summed E-state index contributed by atoms with van der Waals surface area (Å²) in [5, 5.41) is 20.4. The summed E-state index contributed by atoms with van der Waals surface area (Å²) in [5.74, 6) is 0.0791. The van der Waals surface area contributed by atoms with E-state index in [4.69, 9.17) is 16.9 Å². The lowest BCUT2D eigenvalue weighted by Crippen LogP contribution is -2.20. The number of halogens is 1. The molecule has 7 nitrogen and oxygen atoms in total. The quantitative estimate of drug-likeness (QED) is 0.546. The van der Waals surface area contributed by atoms with Gasteiger partial charge in [-0.15, -0.1) is 10.2 Å². The van der Waals surface area contributed by atoms with Gasteiger partial charge < -0.3 is 5.32 Å². The first-order valence-corrected chi connectivity index (χ1v) is 10.00. The highest BCUT2D eigenvalue weighted by Crippen LogP contribution is 2.42. The first kappa shape index (κ1) is 16.9. The molecule has 2 aromatic carbocycles. The zero-order valence-corrected chi connectivity index (χ0v) is 15.7. The molecule has 0 aliphatic carbocycles. The van der Waals surface area contributed by atoms with Gasteiger partial charge in [0.15, 0.2) is 0 Å². The van der Waals surface area contributed by atoms with Gasteiger partial charge in [0, 0.05) is 10.6 Å². The molecule has 0 saturated heterocycles. The van der Waals surface area contributed by atoms with Gasteiger partial charge in [-0.05, 0) is 43.0 Å². The molecule has 1 aliphatic heterocycles. The SMILES string of the molecule is Cc1ccc(Nc2nnc3n2S(=O)(=O)c2cc(C#N)c(Cl)cc2S3)cc1. The minimum Gasteiger partial charge on any atom is -0.323 e. The van der Waals surface area contributed by atoms with Crippen molar-refractivity contribution in [2.24, 2.45) is 0 Å². The molecule has 4 rings (SSSR count). The third kappa shape index (κ3) is 2.63. The van der Waals surface area contributed by atoms with E-state index in [-0.39, 0.29) is 26.6 Å². The molecule has 0 unspecified atom stereocenters. The fraction of sp³-hybridized carbons (Fsp3) is 0.0625. The Bertz CT molecular complexity index is 1180. The van der Waals surface area contributed by atoms with Gasteiger partial charge in [-0.3, -0.25) is 0 Å². The molecule has 10 heteroatoms. The monoisotopic (exact) mass is 403 g/mol. The number of hydrogen-bond donors (Lipinski definition) is 1. The van der Waals surface area contributed by atoms with Crippen LogP contribution in [0.25, 0.3) is 0 Å². The summed E-state index contributed by atoms with van der Waals surface area (Å²) >= 11 is 7.15. The van der Waals surface area contributed by atoms with E-state index in [2.05, 4.69) is 15.5 Å². The first-order valence-electron chi connectivity index (χ1n) is 7.36. The third-order valence-electron chi connectivity index (χ3n) is 3.78. The van der Waals surface area contributed by atoms with E-state index in [0.717, 1.165) is 21.3 Å². The number of hydrogen-bond acceptors (Lipinski definition) is 7. The Balaban J connectivity index is 1.83. The minimum atomic E-state index is -3.97. The minimum absolute atomic E-state index is 0.00251. The molecule has 0 amide bonds. The van der Waals surface area contributed by atoms with Crippen molar-refractivity contribution in [1.82, 2.24) is 14.2 Å². The number of aryl methyl sites for hydroxylation is 1. The van der Waals surface area contributed by atoms with Crippen LogP contribution in [0.2, 0.25) is 5.02 Å². The second-order valence-corrected chi connectivity index (χ2v) is 8.73. The molecule has 0 fully saturated rings. The Labute approximate surface area is 158 Å². The highest BCUT2D eigenvalue weighted by atomic mass is 35.5. The summed E-state index contributed by atoms with van der Waals surface area (Å²) in [5.41, 5.74) is 1.86. The zero-order valence-electron chi connectivity index (χ0n) is 13.3. The van der Waals surface area contributed by atoms with E-state index >= 15 is 0 Å². The average molecular weight is 404 g/mol. The van der Waals surface area contributed by atoms with E-state index < -0.39 is 10.0 Å². The van der Waals surface area contributed by atoms with E-state index in [0.29, 0.717) is 10.6 Å². The summed E-state index contributed by atoms with van der Waals surface area (Å²) in [4.78, 5) is 0.415. The highest BCUT2D eigenvalue weighted by Gasteiger charge is 2.35. The van der Waals surface area contributed by atoms with E-state index in [1.165, 1.54) is 12.1 Å². The van der Waals surface area contributed by atoms with Crippen molar-refractivity contribution < 1.29 is 8.42 Å². The van der Waals surface area contributed by atoms with Crippen LogP contribution in [0.4, 0.5) is 11.6 Å².